The van der Waals surface area contributed by atoms with Gasteiger partial charge in [-0.15, -0.1) is 0 Å². The Hall–Kier alpha value is -7.36. The Bertz CT molecular complexity index is 3190. The first-order valence-corrected chi connectivity index (χ1v) is 18.8. The lowest BCUT2D eigenvalue weighted by Gasteiger charge is -2.29. The lowest BCUT2D eigenvalue weighted by atomic mass is 9.98. The second-order valence-electron chi connectivity index (χ2n) is 14.1. The van der Waals surface area contributed by atoms with Gasteiger partial charge in [-0.1, -0.05) is 140 Å². The molecule has 2 heterocycles. The highest BCUT2D eigenvalue weighted by atomic mass is 16.3. The smallest absolute Gasteiger partial charge is 0.136 e. The number of aromatic nitrogens is 1. The van der Waals surface area contributed by atoms with Crippen LogP contribution in [0.2, 0.25) is 0 Å². The van der Waals surface area contributed by atoms with Crippen LogP contribution in [0, 0.1) is 0 Å². The van der Waals surface area contributed by atoms with Gasteiger partial charge in [-0.25, -0.2) is 0 Å². The van der Waals surface area contributed by atoms with Crippen molar-refractivity contribution in [3.63, 3.8) is 0 Å². The molecule has 0 aliphatic rings. The molecule has 9 aromatic carbocycles. The van der Waals surface area contributed by atoms with Gasteiger partial charge in [0, 0.05) is 38.5 Å². The van der Waals surface area contributed by atoms with Crippen LogP contribution in [0.5, 0.6) is 0 Å². The summed E-state index contributed by atoms with van der Waals surface area (Å²) in [7, 11) is 0. The van der Waals surface area contributed by atoms with Gasteiger partial charge >= 0.3 is 0 Å². The third-order valence-corrected chi connectivity index (χ3v) is 11.0. The minimum absolute atomic E-state index is 0.918. The molecule has 0 saturated carbocycles. The van der Waals surface area contributed by atoms with E-state index in [9.17, 15) is 0 Å². The van der Waals surface area contributed by atoms with E-state index in [1.54, 1.807) is 0 Å². The summed E-state index contributed by atoms with van der Waals surface area (Å²) in [5.74, 6) is 0. The molecule has 3 heteroatoms. The van der Waals surface area contributed by atoms with Crippen LogP contribution >= 0.6 is 0 Å². The van der Waals surface area contributed by atoms with E-state index in [4.69, 9.17) is 4.42 Å². The van der Waals surface area contributed by atoms with Gasteiger partial charge in [0.25, 0.3) is 0 Å². The van der Waals surface area contributed by atoms with Crippen LogP contribution in [0.25, 0.3) is 82.5 Å². The lowest BCUT2D eigenvalue weighted by Crippen LogP contribution is -2.12. The molecule has 11 rings (SSSR count). The molecule has 0 unspecified atom stereocenters. The maximum Gasteiger partial charge on any atom is 0.136 e. The molecule has 2 aromatic heterocycles. The van der Waals surface area contributed by atoms with Crippen LogP contribution in [0.15, 0.2) is 211 Å². The summed E-state index contributed by atoms with van der Waals surface area (Å²) in [6, 6.07) is 74.1. The van der Waals surface area contributed by atoms with Gasteiger partial charge in [0.05, 0.1) is 22.4 Å². The first-order chi connectivity index (χ1) is 27.3. The fourth-order valence-corrected chi connectivity index (χ4v) is 8.42. The Morgan fingerprint density at radius 3 is 1.91 bits per heavy atom. The summed E-state index contributed by atoms with van der Waals surface area (Å²) in [6.45, 7) is 0. The molecule has 0 spiro atoms. The maximum atomic E-state index is 6.19. The van der Waals surface area contributed by atoms with Crippen molar-refractivity contribution in [1.29, 1.82) is 0 Å². The summed E-state index contributed by atoms with van der Waals surface area (Å²) in [4.78, 5) is 2.44. The lowest BCUT2D eigenvalue weighted by molar-refractivity contribution is 0.669. The molecule has 0 amide bonds. The van der Waals surface area contributed by atoms with E-state index in [0.717, 1.165) is 61.2 Å². The normalized spacial score (nSPS) is 11.6. The number of hydrogen-bond donors (Lipinski definition) is 0. The molecule has 0 fully saturated rings. The number of nitrogens with zero attached hydrogens (tertiary/aromatic N) is 2. The zero-order valence-electron chi connectivity index (χ0n) is 29.9. The Kier molecular flexibility index (Phi) is 7.17. The number of para-hydroxylation sites is 5. The first kappa shape index (κ1) is 31.2. The van der Waals surface area contributed by atoms with E-state index in [2.05, 4.69) is 204 Å². The van der Waals surface area contributed by atoms with Crippen molar-refractivity contribution in [3.05, 3.63) is 206 Å². The van der Waals surface area contributed by atoms with Crippen LogP contribution in [-0.2, 0) is 0 Å². The highest BCUT2D eigenvalue weighted by Gasteiger charge is 2.23. The molecule has 3 nitrogen and oxygen atoms in total. The third-order valence-electron chi connectivity index (χ3n) is 11.0. The monoisotopic (exact) mass is 702 g/mol. The number of benzene rings is 9. The van der Waals surface area contributed by atoms with Crippen LogP contribution in [0.3, 0.4) is 0 Å². The van der Waals surface area contributed by atoms with Gasteiger partial charge < -0.3 is 13.9 Å². The number of rotatable bonds is 6. The standard InChI is InChI=1S/C52H34N2O/c1-3-14-36(15-4-1)42-18-7-10-22-47(42)53(49-24-13-21-45-43-19-8-11-23-48(43)54(52(45)49)40-16-5-2-6-17-40)41-30-28-35(29-31-41)37-26-27-38-34-51-46(33-39(38)32-37)44-20-9-12-25-50(44)55-51/h1-34H. The maximum absolute atomic E-state index is 6.19. The molecular weight excluding hydrogens is 669 g/mol. The largest absolute Gasteiger partial charge is 0.456 e. The summed E-state index contributed by atoms with van der Waals surface area (Å²) in [5.41, 5.74) is 13.3. The van der Waals surface area contributed by atoms with Gasteiger partial charge in [-0.2, -0.15) is 0 Å². The van der Waals surface area contributed by atoms with Crippen LogP contribution in [-0.4, -0.2) is 4.57 Å². The fourth-order valence-electron chi connectivity index (χ4n) is 8.42. The molecule has 0 aliphatic carbocycles. The fraction of sp³-hybridized carbons (Fsp3) is 0. The van der Waals surface area contributed by atoms with E-state index < -0.39 is 0 Å². The predicted molar refractivity (Wildman–Crippen MR) is 231 cm³/mol. The second kappa shape index (κ2) is 12.6. The minimum atomic E-state index is 0.918. The van der Waals surface area contributed by atoms with E-state index >= 15 is 0 Å². The van der Waals surface area contributed by atoms with Crippen molar-refractivity contribution in [3.8, 4) is 27.9 Å². The molecule has 11 aromatic rings. The number of fused-ring (bicyclic) bond motifs is 7. The quantitative estimate of drug-likeness (QED) is 0.172. The van der Waals surface area contributed by atoms with Gasteiger partial charge in [-0.3, -0.25) is 0 Å². The van der Waals surface area contributed by atoms with Crippen molar-refractivity contribution >= 4 is 71.6 Å². The Morgan fingerprint density at radius 1 is 0.382 bits per heavy atom. The second-order valence-corrected chi connectivity index (χ2v) is 14.1. The topological polar surface area (TPSA) is 21.3 Å². The molecule has 0 radical (unpaired) electrons. The number of anilines is 3. The van der Waals surface area contributed by atoms with Crippen LogP contribution in [0.1, 0.15) is 0 Å². The first-order valence-electron chi connectivity index (χ1n) is 18.8. The summed E-state index contributed by atoms with van der Waals surface area (Å²) < 4.78 is 8.61. The van der Waals surface area contributed by atoms with Crippen LogP contribution in [0.4, 0.5) is 17.1 Å². The Morgan fingerprint density at radius 2 is 1.05 bits per heavy atom. The van der Waals surface area contributed by atoms with E-state index in [-0.39, 0.29) is 0 Å². The highest BCUT2D eigenvalue weighted by molar-refractivity contribution is 6.15. The SMILES string of the molecule is c1ccc(-c2ccccc2N(c2ccc(-c3ccc4cc5oc6ccccc6c5cc4c3)cc2)c2cccc3c4ccccc4n(-c4ccccc4)c23)cc1. The van der Waals surface area contributed by atoms with E-state index in [1.807, 2.05) is 12.1 Å². The summed E-state index contributed by atoms with van der Waals surface area (Å²) >= 11 is 0. The molecule has 0 N–H and O–H groups in total. The summed E-state index contributed by atoms with van der Waals surface area (Å²) in [5, 5.41) is 7.09. The van der Waals surface area contributed by atoms with Crippen LogP contribution < -0.4 is 4.90 Å². The van der Waals surface area contributed by atoms with Crippen molar-refractivity contribution < 1.29 is 4.42 Å². The molecule has 0 saturated heterocycles. The average molecular weight is 703 g/mol. The molecule has 258 valence electrons. The van der Waals surface area contributed by atoms with Gasteiger partial charge in [0.2, 0.25) is 0 Å². The van der Waals surface area contributed by atoms with Crippen molar-refractivity contribution in [1.82, 2.24) is 4.57 Å². The molecule has 0 bridgehead atoms. The van der Waals surface area contributed by atoms with Gasteiger partial charge in [0.15, 0.2) is 0 Å². The zero-order chi connectivity index (χ0) is 36.3. The van der Waals surface area contributed by atoms with Crippen molar-refractivity contribution in [2.75, 3.05) is 4.90 Å². The van der Waals surface area contributed by atoms with E-state index in [0.29, 0.717) is 0 Å². The molecule has 0 aliphatic heterocycles. The number of furan rings is 1. The Labute approximate surface area is 318 Å². The average Bonchev–Trinajstić information content (AvgIpc) is 3.79. The highest BCUT2D eigenvalue weighted by Crippen LogP contribution is 2.46. The number of hydrogen-bond acceptors (Lipinski definition) is 2. The van der Waals surface area contributed by atoms with E-state index in [1.165, 1.54) is 38.4 Å². The van der Waals surface area contributed by atoms with Crippen molar-refractivity contribution in [2.24, 2.45) is 0 Å². The third kappa shape index (κ3) is 5.13. The molecule has 0 atom stereocenters. The van der Waals surface area contributed by atoms with Gasteiger partial charge in [0.1, 0.15) is 11.2 Å². The minimum Gasteiger partial charge on any atom is -0.456 e. The van der Waals surface area contributed by atoms with Gasteiger partial charge in [-0.05, 0) is 94.2 Å². The molecular formula is C52H34N2O. The predicted octanol–water partition coefficient (Wildman–Crippen LogP) is 14.6. The zero-order valence-corrected chi connectivity index (χ0v) is 29.9. The molecule has 55 heavy (non-hydrogen) atoms. The summed E-state index contributed by atoms with van der Waals surface area (Å²) in [6.07, 6.45) is 0. The Balaban J connectivity index is 1.11. The van der Waals surface area contributed by atoms with Crippen molar-refractivity contribution in [2.45, 2.75) is 0 Å².